The topological polar surface area (TPSA) is 102 Å². The third-order valence-corrected chi connectivity index (χ3v) is 4.52. The highest BCUT2D eigenvalue weighted by Gasteiger charge is 2.31. The highest BCUT2D eigenvalue weighted by atomic mass is 16.5. The zero-order valence-corrected chi connectivity index (χ0v) is 16.9. The quantitative estimate of drug-likeness (QED) is 0.472. The minimum Gasteiger partial charge on any atom is -0.464 e. The van der Waals surface area contributed by atoms with Crippen molar-refractivity contribution in [3.8, 4) is 0 Å². The highest BCUT2D eigenvalue weighted by Crippen LogP contribution is 2.17. The van der Waals surface area contributed by atoms with Gasteiger partial charge in [0.15, 0.2) is 0 Å². The van der Waals surface area contributed by atoms with Gasteiger partial charge in [0.2, 0.25) is 11.8 Å². The minimum atomic E-state index is -0.932. The van der Waals surface area contributed by atoms with E-state index in [1.165, 1.54) is 4.90 Å². The number of hydrogen-bond donors (Lipinski definition) is 1. The van der Waals surface area contributed by atoms with E-state index in [0.29, 0.717) is 37.2 Å². The lowest BCUT2D eigenvalue weighted by Crippen LogP contribution is -2.40. The molecule has 158 valence electrons. The summed E-state index contributed by atoms with van der Waals surface area (Å²) in [5, 5.41) is 2.97. The van der Waals surface area contributed by atoms with Gasteiger partial charge >= 0.3 is 11.9 Å². The maximum absolute atomic E-state index is 12.4. The van der Waals surface area contributed by atoms with Crippen LogP contribution in [-0.4, -0.2) is 54.5 Å². The zero-order chi connectivity index (χ0) is 21.2. The van der Waals surface area contributed by atoms with Gasteiger partial charge in [-0.2, -0.15) is 0 Å². The predicted octanol–water partition coefficient (Wildman–Crippen LogP) is 2.53. The summed E-state index contributed by atoms with van der Waals surface area (Å²) in [5.41, 5.74) is 0.951. The molecule has 1 heterocycles. The Morgan fingerprint density at radius 2 is 1.86 bits per heavy atom. The lowest BCUT2D eigenvalue weighted by Gasteiger charge is -2.21. The van der Waals surface area contributed by atoms with E-state index in [1.54, 1.807) is 31.2 Å². The van der Waals surface area contributed by atoms with Gasteiger partial charge in [0, 0.05) is 18.7 Å². The van der Waals surface area contributed by atoms with Crippen molar-refractivity contribution in [3.05, 3.63) is 29.8 Å². The van der Waals surface area contributed by atoms with Gasteiger partial charge < -0.3 is 14.8 Å². The fourth-order valence-corrected chi connectivity index (χ4v) is 2.93. The van der Waals surface area contributed by atoms with Crippen molar-refractivity contribution in [1.82, 2.24) is 4.90 Å². The molecule has 0 aliphatic carbocycles. The number of anilines is 1. The summed E-state index contributed by atoms with van der Waals surface area (Å²) >= 11 is 0. The average molecular weight is 404 g/mol. The fraction of sp³-hybridized carbons (Fsp3) is 0.524. The Hall–Kier alpha value is -2.90. The second-order valence-corrected chi connectivity index (χ2v) is 6.76. The molecule has 2 amide bonds. The average Bonchev–Trinajstić information content (AvgIpc) is 3.14. The molecular weight excluding hydrogens is 376 g/mol. The summed E-state index contributed by atoms with van der Waals surface area (Å²) in [5.74, 6) is -1.61. The second-order valence-electron chi connectivity index (χ2n) is 6.76. The largest absolute Gasteiger partial charge is 0.464 e. The van der Waals surface area contributed by atoms with Gasteiger partial charge in [-0.15, -0.1) is 0 Å². The van der Waals surface area contributed by atoms with Crippen LogP contribution in [0.15, 0.2) is 24.3 Å². The van der Waals surface area contributed by atoms with E-state index >= 15 is 0 Å². The number of benzene rings is 1. The highest BCUT2D eigenvalue weighted by molar-refractivity contribution is 5.99. The molecule has 0 bridgehead atoms. The summed E-state index contributed by atoms with van der Waals surface area (Å²) in [4.78, 5) is 49.6. The third-order valence-electron chi connectivity index (χ3n) is 4.52. The van der Waals surface area contributed by atoms with E-state index in [4.69, 9.17) is 9.47 Å². The minimum absolute atomic E-state index is 0.177. The monoisotopic (exact) mass is 404 g/mol. The first kappa shape index (κ1) is 22.4. The molecular formula is C21H28N2O6. The van der Waals surface area contributed by atoms with Gasteiger partial charge in [-0.25, -0.2) is 9.59 Å². The first-order valence-corrected chi connectivity index (χ1v) is 9.99. The molecule has 1 N–H and O–H groups in total. The van der Waals surface area contributed by atoms with E-state index in [-0.39, 0.29) is 18.9 Å². The molecule has 1 aromatic rings. The van der Waals surface area contributed by atoms with E-state index in [0.717, 1.165) is 12.8 Å². The number of unbranched alkanes of at least 4 members (excludes halogenated alkanes) is 1. The van der Waals surface area contributed by atoms with Crippen LogP contribution in [0.25, 0.3) is 0 Å². The number of nitrogens with zero attached hydrogens (tertiary/aromatic N) is 1. The number of rotatable bonds is 10. The Morgan fingerprint density at radius 1 is 1.14 bits per heavy atom. The van der Waals surface area contributed by atoms with Gasteiger partial charge in [0.1, 0.15) is 6.04 Å². The molecule has 8 heteroatoms. The number of amides is 2. The summed E-state index contributed by atoms with van der Waals surface area (Å²) in [6.07, 6.45) is 2.54. The van der Waals surface area contributed by atoms with Crippen LogP contribution in [0.1, 0.15) is 56.3 Å². The lowest BCUT2D eigenvalue weighted by molar-refractivity contribution is -0.149. The van der Waals surface area contributed by atoms with Crippen LogP contribution in [0.2, 0.25) is 0 Å². The Bertz CT molecular complexity index is 731. The molecule has 1 saturated heterocycles. The molecule has 1 aliphatic rings. The zero-order valence-electron chi connectivity index (χ0n) is 16.9. The van der Waals surface area contributed by atoms with Gasteiger partial charge in [-0.3, -0.25) is 14.5 Å². The van der Waals surface area contributed by atoms with Crippen LogP contribution in [0.4, 0.5) is 5.69 Å². The molecule has 1 aromatic carbocycles. The lowest BCUT2D eigenvalue weighted by atomic mass is 10.1. The van der Waals surface area contributed by atoms with Crippen LogP contribution in [-0.2, 0) is 23.9 Å². The fourth-order valence-electron chi connectivity index (χ4n) is 2.93. The maximum Gasteiger partial charge on any atom is 0.338 e. The number of hydrogen-bond acceptors (Lipinski definition) is 7. The number of esters is 2. The van der Waals surface area contributed by atoms with Crippen molar-refractivity contribution in [3.63, 3.8) is 0 Å². The first-order chi connectivity index (χ1) is 14.0. The van der Waals surface area contributed by atoms with E-state index in [2.05, 4.69) is 5.32 Å². The first-order valence-electron chi connectivity index (χ1n) is 9.99. The number of carbonyl (C=O) groups excluding carboxylic acids is 4. The molecule has 0 aromatic heterocycles. The van der Waals surface area contributed by atoms with Crippen LogP contribution in [0.5, 0.6) is 0 Å². The number of nitrogens with one attached hydrogen (secondary N) is 1. The number of ether oxygens (including phenoxy) is 2. The van der Waals surface area contributed by atoms with Crippen molar-refractivity contribution >= 4 is 29.4 Å². The predicted molar refractivity (Wildman–Crippen MR) is 106 cm³/mol. The number of carbonyl (C=O) groups is 4. The van der Waals surface area contributed by atoms with Crippen LogP contribution < -0.4 is 5.32 Å². The summed E-state index contributed by atoms with van der Waals surface area (Å²) in [7, 11) is 0. The molecule has 0 spiro atoms. The summed E-state index contributed by atoms with van der Waals surface area (Å²) in [6.45, 7) is 4.62. The SMILES string of the molecule is CCCCOC(=O)c1ccc(N[C@@H](CC(=O)N2CCCC2=O)C(=O)OCC)cc1. The molecule has 2 rings (SSSR count). The number of likely N-dealkylation sites (tertiary alicyclic amines) is 1. The Labute approximate surface area is 170 Å². The number of imide groups is 1. The van der Waals surface area contributed by atoms with E-state index in [9.17, 15) is 19.2 Å². The Morgan fingerprint density at radius 3 is 2.45 bits per heavy atom. The van der Waals surface area contributed by atoms with Crippen molar-refractivity contribution in [1.29, 1.82) is 0 Å². The normalized spacial score (nSPS) is 14.4. The van der Waals surface area contributed by atoms with Crippen LogP contribution >= 0.6 is 0 Å². The van der Waals surface area contributed by atoms with Crippen LogP contribution in [0.3, 0.4) is 0 Å². The van der Waals surface area contributed by atoms with Gasteiger partial charge in [0.05, 0.1) is 25.2 Å². The van der Waals surface area contributed by atoms with Crippen molar-refractivity contribution < 1.29 is 28.7 Å². The summed E-state index contributed by atoms with van der Waals surface area (Å²) < 4.78 is 10.2. The standard InChI is InChI=1S/C21H28N2O6/c1-3-5-13-29-20(26)15-8-10-16(11-9-15)22-17(21(27)28-4-2)14-19(25)23-12-6-7-18(23)24/h8-11,17,22H,3-7,12-14H2,1-2H3/t17-/m0/s1. The molecule has 1 fully saturated rings. The van der Waals surface area contributed by atoms with Crippen molar-refractivity contribution in [2.24, 2.45) is 0 Å². The van der Waals surface area contributed by atoms with E-state index in [1.807, 2.05) is 6.92 Å². The molecule has 0 unspecified atom stereocenters. The van der Waals surface area contributed by atoms with Gasteiger partial charge in [-0.1, -0.05) is 13.3 Å². The molecule has 0 radical (unpaired) electrons. The van der Waals surface area contributed by atoms with Gasteiger partial charge in [-0.05, 0) is 44.0 Å². The smallest absolute Gasteiger partial charge is 0.338 e. The molecule has 1 aliphatic heterocycles. The molecule has 29 heavy (non-hydrogen) atoms. The summed E-state index contributed by atoms with van der Waals surface area (Å²) in [6, 6.07) is 5.51. The molecule has 1 atom stereocenters. The van der Waals surface area contributed by atoms with Gasteiger partial charge in [0.25, 0.3) is 0 Å². The Balaban J connectivity index is 2.02. The molecule has 8 nitrogen and oxygen atoms in total. The van der Waals surface area contributed by atoms with Crippen molar-refractivity contribution in [2.75, 3.05) is 25.1 Å². The maximum atomic E-state index is 12.4. The van der Waals surface area contributed by atoms with E-state index < -0.39 is 23.9 Å². The van der Waals surface area contributed by atoms with Crippen LogP contribution in [0, 0.1) is 0 Å². The Kier molecular flexibility index (Phi) is 8.64. The third kappa shape index (κ3) is 6.58. The second kappa shape index (κ2) is 11.2. The molecule has 0 saturated carbocycles. The van der Waals surface area contributed by atoms with Crippen molar-refractivity contribution in [2.45, 2.75) is 52.0 Å².